The highest BCUT2D eigenvalue weighted by molar-refractivity contribution is 7.16. The third-order valence-corrected chi connectivity index (χ3v) is 4.93. The summed E-state index contributed by atoms with van der Waals surface area (Å²) in [5.41, 5.74) is -0.0188. The summed E-state index contributed by atoms with van der Waals surface area (Å²) in [5.74, 6) is -0.190. The van der Waals surface area contributed by atoms with Crippen molar-refractivity contribution < 1.29 is 22.7 Å². The van der Waals surface area contributed by atoms with Gasteiger partial charge in [-0.1, -0.05) is 23.7 Å². The first-order valence-electron chi connectivity index (χ1n) is 7.50. The minimum Gasteiger partial charge on any atom is -0.374 e. The first kappa shape index (κ1) is 19.8. The lowest BCUT2D eigenvalue weighted by molar-refractivity contribution is -0.137. The average Bonchev–Trinajstić information content (AvgIpc) is 2.99. The van der Waals surface area contributed by atoms with Gasteiger partial charge in [0.15, 0.2) is 0 Å². The smallest absolute Gasteiger partial charge is 0.374 e. The average molecular weight is 392 g/mol. The number of ether oxygens (including phenoxy) is 1. The highest BCUT2D eigenvalue weighted by Crippen LogP contribution is 2.29. The van der Waals surface area contributed by atoms with E-state index in [0.29, 0.717) is 22.9 Å². The summed E-state index contributed by atoms with van der Waals surface area (Å²) >= 11 is 7.27. The number of carbonyl (C=O) groups is 1. The molecule has 1 N–H and O–H groups in total. The summed E-state index contributed by atoms with van der Waals surface area (Å²) in [6, 6.07) is 8.43. The Kier molecular flexibility index (Phi) is 6.87. The van der Waals surface area contributed by atoms with E-state index in [1.165, 1.54) is 23.5 Å². The molecule has 0 bridgehead atoms. The van der Waals surface area contributed by atoms with E-state index < -0.39 is 11.7 Å². The topological polar surface area (TPSA) is 38.3 Å². The van der Waals surface area contributed by atoms with Gasteiger partial charge in [-0.2, -0.15) is 13.2 Å². The fourth-order valence-electron chi connectivity index (χ4n) is 2.21. The number of benzene rings is 1. The van der Waals surface area contributed by atoms with E-state index in [1.807, 2.05) is 6.07 Å². The molecule has 0 saturated carbocycles. The predicted octanol–water partition coefficient (Wildman–Crippen LogP) is 4.86. The molecule has 0 aliphatic rings. The first-order valence-corrected chi connectivity index (χ1v) is 8.70. The molecule has 1 atom stereocenters. The molecule has 1 amide bonds. The molecule has 0 aliphatic heterocycles. The number of aryl methyl sites for hydroxylation is 1. The van der Waals surface area contributed by atoms with Crippen LogP contribution in [0.4, 0.5) is 13.2 Å². The summed E-state index contributed by atoms with van der Waals surface area (Å²) < 4.78 is 43.5. The fraction of sp³-hybridized carbons (Fsp3) is 0.353. The lowest BCUT2D eigenvalue weighted by Crippen LogP contribution is -2.29. The molecule has 3 nitrogen and oxygen atoms in total. The van der Waals surface area contributed by atoms with Gasteiger partial charge < -0.3 is 10.1 Å². The second-order valence-corrected chi connectivity index (χ2v) is 7.11. The van der Waals surface area contributed by atoms with Gasteiger partial charge in [0.2, 0.25) is 5.91 Å². The van der Waals surface area contributed by atoms with Gasteiger partial charge in [-0.15, -0.1) is 11.3 Å². The van der Waals surface area contributed by atoms with Crippen LogP contribution >= 0.6 is 22.9 Å². The number of thiophene rings is 1. The molecule has 0 spiro atoms. The molecule has 1 aromatic carbocycles. The second kappa shape index (κ2) is 8.69. The number of halogens is 4. The molecular formula is C17H17ClF3NO2S. The monoisotopic (exact) mass is 391 g/mol. The van der Waals surface area contributed by atoms with Crippen molar-refractivity contribution in [2.45, 2.75) is 25.1 Å². The van der Waals surface area contributed by atoms with Crippen molar-refractivity contribution in [1.29, 1.82) is 0 Å². The highest BCUT2D eigenvalue weighted by Gasteiger charge is 2.29. The quantitative estimate of drug-likeness (QED) is 0.732. The van der Waals surface area contributed by atoms with E-state index >= 15 is 0 Å². The molecule has 2 rings (SSSR count). The molecule has 8 heteroatoms. The minimum absolute atomic E-state index is 0.187. The van der Waals surface area contributed by atoms with E-state index in [9.17, 15) is 18.0 Å². The van der Waals surface area contributed by atoms with Crippen molar-refractivity contribution in [2.75, 3.05) is 13.7 Å². The highest BCUT2D eigenvalue weighted by atomic mass is 35.5. The van der Waals surface area contributed by atoms with Gasteiger partial charge in [0.25, 0.3) is 0 Å². The predicted molar refractivity (Wildman–Crippen MR) is 91.9 cm³/mol. The number of rotatable bonds is 7. The van der Waals surface area contributed by atoms with E-state index in [2.05, 4.69) is 5.32 Å². The van der Waals surface area contributed by atoms with E-state index in [1.54, 1.807) is 13.2 Å². The number of hydrogen-bond donors (Lipinski definition) is 1. The van der Waals surface area contributed by atoms with Crippen LogP contribution in [0.2, 0.25) is 4.34 Å². The van der Waals surface area contributed by atoms with Crippen LogP contribution in [0.5, 0.6) is 0 Å². The lowest BCUT2D eigenvalue weighted by atomic mass is 10.1. The van der Waals surface area contributed by atoms with Gasteiger partial charge in [-0.05, 0) is 36.2 Å². The van der Waals surface area contributed by atoms with Crippen LogP contribution in [0, 0.1) is 0 Å². The van der Waals surface area contributed by atoms with Crippen molar-refractivity contribution in [3.8, 4) is 0 Å². The summed E-state index contributed by atoms with van der Waals surface area (Å²) in [4.78, 5) is 12.8. The Morgan fingerprint density at radius 2 is 1.92 bits per heavy atom. The van der Waals surface area contributed by atoms with Crippen LogP contribution < -0.4 is 5.32 Å². The van der Waals surface area contributed by atoms with Gasteiger partial charge in [0.1, 0.15) is 6.10 Å². The molecule has 25 heavy (non-hydrogen) atoms. The Hall–Kier alpha value is -1.57. The minimum atomic E-state index is -4.35. The van der Waals surface area contributed by atoms with Crippen molar-refractivity contribution in [2.24, 2.45) is 0 Å². The number of hydrogen-bond acceptors (Lipinski definition) is 3. The first-order chi connectivity index (χ1) is 11.8. The lowest BCUT2D eigenvalue weighted by Gasteiger charge is -2.14. The molecule has 0 unspecified atom stereocenters. The Bertz CT molecular complexity index is 701. The third-order valence-electron chi connectivity index (χ3n) is 3.60. The molecule has 0 saturated heterocycles. The normalized spacial score (nSPS) is 12.8. The number of carbonyl (C=O) groups excluding carboxylic acids is 1. The van der Waals surface area contributed by atoms with Crippen LogP contribution in [0.25, 0.3) is 0 Å². The maximum Gasteiger partial charge on any atom is 0.416 e. The second-order valence-electron chi connectivity index (χ2n) is 5.36. The number of nitrogens with one attached hydrogen (secondary N) is 1. The van der Waals surface area contributed by atoms with Crippen molar-refractivity contribution in [3.05, 3.63) is 56.7 Å². The molecule has 0 aliphatic carbocycles. The van der Waals surface area contributed by atoms with Crippen LogP contribution in [-0.4, -0.2) is 19.6 Å². The largest absolute Gasteiger partial charge is 0.416 e. The van der Waals surface area contributed by atoms with E-state index in [4.69, 9.17) is 16.3 Å². The van der Waals surface area contributed by atoms with E-state index in [0.717, 1.165) is 17.0 Å². The van der Waals surface area contributed by atoms with Gasteiger partial charge in [0.05, 0.1) is 9.90 Å². The number of methoxy groups -OCH3 is 1. The zero-order chi connectivity index (χ0) is 18.4. The molecule has 136 valence electrons. The summed E-state index contributed by atoms with van der Waals surface area (Å²) in [7, 11) is 1.55. The van der Waals surface area contributed by atoms with Crippen molar-refractivity contribution in [3.63, 3.8) is 0 Å². The molecule has 1 heterocycles. The molecular weight excluding hydrogens is 375 g/mol. The van der Waals surface area contributed by atoms with Crippen molar-refractivity contribution in [1.82, 2.24) is 5.32 Å². The Balaban J connectivity index is 1.80. The number of amides is 1. The van der Waals surface area contributed by atoms with Gasteiger partial charge in [0, 0.05) is 25.0 Å². The number of alkyl halides is 3. The zero-order valence-corrected chi connectivity index (χ0v) is 15.0. The van der Waals surface area contributed by atoms with Crippen LogP contribution in [0.1, 0.15) is 28.5 Å². The van der Waals surface area contributed by atoms with Crippen molar-refractivity contribution >= 4 is 28.8 Å². The standard InChI is InChI=1S/C17H17ClF3NO2S/c1-24-13(14-7-8-15(18)25-14)10-22-16(23)9-4-11-2-5-12(6-3-11)17(19,20)21/h2-3,5-8,13H,4,9-10H2,1H3,(H,22,23)/t13-/m0/s1. The summed E-state index contributed by atoms with van der Waals surface area (Å²) in [6.45, 7) is 0.305. The van der Waals surface area contributed by atoms with Crippen LogP contribution in [-0.2, 0) is 22.1 Å². The zero-order valence-electron chi connectivity index (χ0n) is 13.4. The van der Waals surface area contributed by atoms with Crippen LogP contribution in [0.3, 0.4) is 0 Å². The molecule has 0 fully saturated rings. The van der Waals surface area contributed by atoms with E-state index in [-0.39, 0.29) is 18.4 Å². The SMILES string of the molecule is CO[C@@H](CNC(=O)CCc1ccc(C(F)(F)F)cc1)c1ccc(Cl)s1. The molecule has 2 aromatic rings. The molecule has 0 radical (unpaired) electrons. The van der Waals surface area contributed by atoms with Gasteiger partial charge in [-0.3, -0.25) is 4.79 Å². The molecule has 1 aromatic heterocycles. The maximum absolute atomic E-state index is 12.5. The fourth-order valence-corrected chi connectivity index (χ4v) is 3.35. The van der Waals surface area contributed by atoms with Gasteiger partial charge in [-0.25, -0.2) is 0 Å². The summed E-state index contributed by atoms with van der Waals surface area (Å²) in [5, 5.41) is 2.77. The van der Waals surface area contributed by atoms with Crippen LogP contribution in [0.15, 0.2) is 36.4 Å². The Labute approximate surface area is 152 Å². The van der Waals surface area contributed by atoms with Gasteiger partial charge >= 0.3 is 6.18 Å². The maximum atomic E-state index is 12.5. The summed E-state index contributed by atoms with van der Waals surface area (Å²) in [6.07, 6.45) is -4.08. The Morgan fingerprint density at radius 3 is 2.44 bits per heavy atom. The third kappa shape index (κ3) is 6.02. The Morgan fingerprint density at radius 1 is 1.24 bits per heavy atom.